The number of anilines is 1. The summed E-state index contributed by atoms with van der Waals surface area (Å²) in [6.07, 6.45) is 2.09. The summed E-state index contributed by atoms with van der Waals surface area (Å²) in [7, 11) is 0. The van der Waals surface area contributed by atoms with Gasteiger partial charge in [-0.2, -0.15) is 11.8 Å². The summed E-state index contributed by atoms with van der Waals surface area (Å²) in [5.41, 5.74) is 6.97. The fourth-order valence-corrected chi connectivity index (χ4v) is 3.19. The van der Waals surface area contributed by atoms with Crippen molar-refractivity contribution in [3.8, 4) is 5.75 Å². The molecule has 1 amide bonds. The van der Waals surface area contributed by atoms with Gasteiger partial charge in [-0.25, -0.2) is 0 Å². The maximum Gasteiger partial charge on any atom is 0.251 e. The van der Waals surface area contributed by atoms with E-state index < -0.39 is 0 Å². The molecule has 0 unspecified atom stereocenters. The summed E-state index contributed by atoms with van der Waals surface area (Å²) in [6.45, 7) is 2.47. The van der Waals surface area contributed by atoms with Crippen molar-refractivity contribution in [1.29, 1.82) is 0 Å². The topological polar surface area (TPSA) is 64.3 Å². The zero-order valence-electron chi connectivity index (χ0n) is 11.1. The van der Waals surface area contributed by atoms with Crippen molar-refractivity contribution >= 4 is 23.4 Å². The van der Waals surface area contributed by atoms with Crippen molar-refractivity contribution < 1.29 is 9.53 Å². The molecule has 0 aromatic heterocycles. The van der Waals surface area contributed by atoms with Gasteiger partial charge in [-0.1, -0.05) is 0 Å². The van der Waals surface area contributed by atoms with Crippen LogP contribution in [0.25, 0.3) is 0 Å². The van der Waals surface area contributed by atoms with E-state index in [1.807, 2.05) is 18.7 Å². The number of nitrogen functional groups attached to an aromatic ring is 1. The van der Waals surface area contributed by atoms with Crippen LogP contribution in [0.3, 0.4) is 0 Å². The van der Waals surface area contributed by atoms with Crippen molar-refractivity contribution in [1.82, 2.24) is 5.32 Å². The van der Waals surface area contributed by atoms with Crippen LogP contribution in [0.1, 0.15) is 30.1 Å². The fourth-order valence-electron chi connectivity index (χ4n) is 2.09. The van der Waals surface area contributed by atoms with Crippen LogP contribution in [0.5, 0.6) is 5.75 Å². The lowest BCUT2D eigenvalue weighted by Gasteiger charge is -2.22. The van der Waals surface area contributed by atoms with E-state index in [2.05, 4.69) is 5.32 Å². The van der Waals surface area contributed by atoms with E-state index >= 15 is 0 Å². The average molecular weight is 280 g/mol. The second-order valence-electron chi connectivity index (χ2n) is 4.55. The summed E-state index contributed by atoms with van der Waals surface area (Å²) in [5.74, 6) is 2.83. The van der Waals surface area contributed by atoms with Crippen LogP contribution in [0, 0.1) is 0 Å². The first-order chi connectivity index (χ1) is 9.20. The Morgan fingerprint density at radius 3 is 2.84 bits per heavy atom. The number of carbonyl (C=O) groups is 1. The van der Waals surface area contributed by atoms with Crippen LogP contribution in [-0.4, -0.2) is 30.1 Å². The number of nitrogens with one attached hydrogen (secondary N) is 1. The maximum absolute atomic E-state index is 12.1. The third kappa shape index (κ3) is 3.80. The Morgan fingerprint density at radius 2 is 2.21 bits per heavy atom. The lowest BCUT2D eigenvalue weighted by Crippen LogP contribution is -2.37. The second-order valence-corrected chi connectivity index (χ2v) is 5.77. The van der Waals surface area contributed by atoms with Crippen molar-refractivity contribution in [2.75, 3.05) is 23.8 Å². The first kappa shape index (κ1) is 14.1. The molecule has 5 heteroatoms. The Morgan fingerprint density at radius 1 is 1.47 bits per heavy atom. The van der Waals surface area contributed by atoms with E-state index in [1.54, 1.807) is 18.2 Å². The molecule has 1 saturated heterocycles. The Bertz CT molecular complexity index is 445. The fraction of sp³-hybridized carbons (Fsp3) is 0.500. The van der Waals surface area contributed by atoms with Crippen molar-refractivity contribution in [3.05, 3.63) is 23.8 Å². The van der Waals surface area contributed by atoms with Crippen LogP contribution in [0.15, 0.2) is 18.2 Å². The van der Waals surface area contributed by atoms with Crippen molar-refractivity contribution in [2.45, 2.75) is 25.8 Å². The number of thioether (sulfide) groups is 1. The minimum Gasteiger partial charge on any atom is -0.492 e. The minimum atomic E-state index is -0.0494. The third-order valence-corrected chi connectivity index (χ3v) is 4.18. The smallest absolute Gasteiger partial charge is 0.251 e. The molecule has 19 heavy (non-hydrogen) atoms. The van der Waals surface area contributed by atoms with Crippen molar-refractivity contribution in [3.63, 3.8) is 0 Å². The SMILES string of the molecule is CCOc1ccc(C(=O)NC2CCSCC2)cc1N. The zero-order chi connectivity index (χ0) is 13.7. The molecule has 3 N–H and O–H groups in total. The molecule has 1 aliphatic heterocycles. The molecule has 1 heterocycles. The lowest BCUT2D eigenvalue weighted by molar-refractivity contribution is 0.0935. The molecule has 1 aromatic rings. The van der Waals surface area contributed by atoms with Crippen LogP contribution in [-0.2, 0) is 0 Å². The van der Waals surface area contributed by atoms with Gasteiger partial charge in [0.15, 0.2) is 0 Å². The number of carbonyl (C=O) groups excluding carboxylic acids is 1. The summed E-state index contributed by atoms with van der Waals surface area (Å²) in [4.78, 5) is 12.1. The molecule has 0 spiro atoms. The lowest BCUT2D eigenvalue weighted by atomic mass is 10.1. The molecule has 104 valence electrons. The molecular weight excluding hydrogens is 260 g/mol. The van der Waals surface area contributed by atoms with Gasteiger partial charge in [-0.3, -0.25) is 4.79 Å². The predicted octanol–water partition coefficient (Wildman–Crippen LogP) is 2.29. The molecule has 0 saturated carbocycles. The summed E-state index contributed by atoms with van der Waals surface area (Å²) >= 11 is 1.94. The number of hydrogen-bond acceptors (Lipinski definition) is 4. The summed E-state index contributed by atoms with van der Waals surface area (Å²) < 4.78 is 5.36. The van der Waals surface area contributed by atoms with E-state index in [0.29, 0.717) is 29.6 Å². The molecule has 0 atom stereocenters. The summed E-state index contributed by atoms with van der Waals surface area (Å²) in [5, 5.41) is 3.07. The highest BCUT2D eigenvalue weighted by atomic mass is 32.2. The van der Waals surface area contributed by atoms with Gasteiger partial charge in [0.2, 0.25) is 0 Å². The Balaban J connectivity index is 2.00. The number of benzene rings is 1. The largest absolute Gasteiger partial charge is 0.492 e. The standard InChI is InChI=1S/C14H20N2O2S/c1-2-18-13-4-3-10(9-12(13)15)14(17)16-11-5-7-19-8-6-11/h3-4,9,11H,2,5-8,15H2,1H3,(H,16,17). The molecule has 1 fully saturated rings. The Labute approximate surface area is 118 Å². The van der Waals surface area contributed by atoms with E-state index in [-0.39, 0.29) is 5.91 Å². The van der Waals surface area contributed by atoms with Gasteiger partial charge < -0.3 is 15.8 Å². The van der Waals surface area contributed by atoms with Crippen LogP contribution < -0.4 is 15.8 Å². The van der Waals surface area contributed by atoms with Gasteiger partial charge in [0, 0.05) is 11.6 Å². The monoisotopic (exact) mass is 280 g/mol. The third-order valence-electron chi connectivity index (χ3n) is 3.13. The quantitative estimate of drug-likeness (QED) is 0.831. The molecular formula is C14H20N2O2S. The van der Waals surface area contributed by atoms with Crippen LogP contribution in [0.2, 0.25) is 0 Å². The molecule has 1 aliphatic rings. The second kappa shape index (κ2) is 6.70. The zero-order valence-corrected chi connectivity index (χ0v) is 12.0. The van der Waals surface area contributed by atoms with Gasteiger partial charge in [0.05, 0.1) is 12.3 Å². The average Bonchev–Trinajstić information content (AvgIpc) is 2.42. The molecule has 4 nitrogen and oxygen atoms in total. The number of ether oxygens (including phenoxy) is 1. The van der Waals surface area contributed by atoms with E-state index in [4.69, 9.17) is 10.5 Å². The highest BCUT2D eigenvalue weighted by Gasteiger charge is 2.17. The maximum atomic E-state index is 12.1. The molecule has 0 bridgehead atoms. The molecule has 0 radical (unpaired) electrons. The van der Waals surface area contributed by atoms with Crippen molar-refractivity contribution in [2.24, 2.45) is 0 Å². The Hall–Kier alpha value is -1.36. The summed E-state index contributed by atoms with van der Waals surface area (Å²) in [6, 6.07) is 5.48. The first-order valence-electron chi connectivity index (χ1n) is 6.61. The van der Waals surface area contributed by atoms with E-state index in [1.165, 1.54) is 0 Å². The molecule has 2 rings (SSSR count). The number of rotatable bonds is 4. The molecule has 0 aliphatic carbocycles. The number of nitrogens with two attached hydrogens (primary N) is 1. The van der Waals surface area contributed by atoms with Gasteiger partial charge in [0.25, 0.3) is 5.91 Å². The van der Waals surface area contributed by atoms with E-state index in [0.717, 1.165) is 24.3 Å². The normalized spacial score (nSPS) is 16.1. The Kier molecular flexibility index (Phi) is 4.96. The predicted molar refractivity (Wildman–Crippen MR) is 79.8 cm³/mol. The van der Waals surface area contributed by atoms with Crippen LogP contribution in [0.4, 0.5) is 5.69 Å². The first-order valence-corrected chi connectivity index (χ1v) is 7.77. The van der Waals surface area contributed by atoms with Gasteiger partial charge in [0.1, 0.15) is 5.75 Å². The van der Waals surface area contributed by atoms with Gasteiger partial charge in [-0.15, -0.1) is 0 Å². The molecule has 1 aromatic carbocycles. The van der Waals surface area contributed by atoms with Gasteiger partial charge >= 0.3 is 0 Å². The van der Waals surface area contributed by atoms with E-state index in [9.17, 15) is 4.79 Å². The number of hydrogen-bond donors (Lipinski definition) is 2. The minimum absolute atomic E-state index is 0.0494. The highest BCUT2D eigenvalue weighted by Crippen LogP contribution is 2.23. The van der Waals surface area contributed by atoms with Gasteiger partial charge in [-0.05, 0) is 49.5 Å². The number of amides is 1. The highest BCUT2D eigenvalue weighted by molar-refractivity contribution is 7.99. The van der Waals surface area contributed by atoms with Crippen LogP contribution >= 0.6 is 11.8 Å².